The molecule has 1 unspecified atom stereocenters. The average Bonchev–Trinajstić information content (AvgIpc) is 1.96. The predicted octanol–water partition coefficient (Wildman–Crippen LogP) is -0.0436. The van der Waals surface area contributed by atoms with Gasteiger partial charge >= 0.3 is 0 Å². The van der Waals surface area contributed by atoms with E-state index in [1.54, 1.807) is 0 Å². The fourth-order valence-corrected chi connectivity index (χ4v) is 0.861. The third-order valence-electron chi connectivity index (χ3n) is 1.53. The molecule has 0 bridgehead atoms. The number of likely N-dealkylation sites (N-methyl/N-ethyl adjacent to an activating group) is 1. The van der Waals surface area contributed by atoms with Crippen molar-refractivity contribution in [2.75, 3.05) is 26.7 Å². The highest BCUT2D eigenvalue weighted by Gasteiger charge is 1.93. The fourth-order valence-electron chi connectivity index (χ4n) is 0.861. The molecule has 0 aliphatic heterocycles. The summed E-state index contributed by atoms with van der Waals surface area (Å²) in [4.78, 5) is 0. The summed E-state index contributed by atoms with van der Waals surface area (Å²) in [6.07, 6.45) is 1.80. The fraction of sp³-hybridized carbons (Fsp3) is 1.00. The molecule has 0 aromatic carbocycles. The van der Waals surface area contributed by atoms with Gasteiger partial charge in [0.05, 0.1) is 6.10 Å². The van der Waals surface area contributed by atoms with Crippen LogP contribution in [-0.4, -0.2) is 37.9 Å². The molecule has 68 valence electrons. The van der Waals surface area contributed by atoms with Crippen LogP contribution in [-0.2, 0) is 0 Å². The third kappa shape index (κ3) is 9.88. The van der Waals surface area contributed by atoms with Gasteiger partial charge in [-0.2, -0.15) is 0 Å². The predicted molar refractivity (Wildman–Crippen MR) is 47.7 cm³/mol. The third-order valence-corrected chi connectivity index (χ3v) is 1.53. The molecule has 3 N–H and O–H groups in total. The van der Waals surface area contributed by atoms with Gasteiger partial charge in [-0.25, -0.2) is 0 Å². The molecule has 0 saturated carbocycles. The Morgan fingerprint density at radius 1 is 1.27 bits per heavy atom. The molecule has 0 spiro atoms. The minimum atomic E-state index is -0.152. The van der Waals surface area contributed by atoms with Crippen LogP contribution in [0.2, 0.25) is 0 Å². The van der Waals surface area contributed by atoms with Crippen LogP contribution in [0.1, 0.15) is 19.8 Å². The van der Waals surface area contributed by atoms with Gasteiger partial charge in [0.15, 0.2) is 0 Å². The molecular formula is C8H20N2O. The number of aliphatic hydroxyl groups is 1. The van der Waals surface area contributed by atoms with Gasteiger partial charge in [-0.3, -0.25) is 0 Å². The number of nitrogens with one attached hydrogen (secondary N) is 2. The van der Waals surface area contributed by atoms with E-state index in [0.717, 1.165) is 32.5 Å². The first-order chi connectivity index (χ1) is 5.27. The van der Waals surface area contributed by atoms with Gasteiger partial charge in [-0.05, 0) is 33.4 Å². The summed E-state index contributed by atoms with van der Waals surface area (Å²) >= 11 is 0. The first kappa shape index (κ1) is 10.9. The molecule has 0 aromatic rings. The second-order valence-electron chi connectivity index (χ2n) is 2.84. The van der Waals surface area contributed by atoms with Crippen molar-refractivity contribution in [3.8, 4) is 0 Å². The van der Waals surface area contributed by atoms with Crippen molar-refractivity contribution in [2.24, 2.45) is 0 Å². The average molecular weight is 160 g/mol. The van der Waals surface area contributed by atoms with Crippen LogP contribution >= 0.6 is 0 Å². The molecule has 0 rings (SSSR count). The number of hydrogen-bond acceptors (Lipinski definition) is 3. The van der Waals surface area contributed by atoms with Crippen LogP contribution in [0.4, 0.5) is 0 Å². The lowest BCUT2D eigenvalue weighted by atomic mass is 10.2. The molecule has 0 fully saturated rings. The van der Waals surface area contributed by atoms with E-state index in [1.807, 2.05) is 14.0 Å². The van der Waals surface area contributed by atoms with Gasteiger partial charge in [0.2, 0.25) is 0 Å². The van der Waals surface area contributed by atoms with Gasteiger partial charge in [-0.1, -0.05) is 0 Å². The molecule has 0 saturated heterocycles. The number of hydrogen-bond donors (Lipinski definition) is 3. The zero-order valence-corrected chi connectivity index (χ0v) is 7.56. The van der Waals surface area contributed by atoms with Gasteiger partial charge in [-0.15, -0.1) is 0 Å². The second-order valence-corrected chi connectivity index (χ2v) is 2.84. The Morgan fingerprint density at radius 3 is 2.55 bits per heavy atom. The van der Waals surface area contributed by atoms with Gasteiger partial charge in [0.25, 0.3) is 0 Å². The number of rotatable bonds is 7. The molecular weight excluding hydrogens is 140 g/mol. The summed E-state index contributed by atoms with van der Waals surface area (Å²) in [5, 5.41) is 15.2. The topological polar surface area (TPSA) is 44.3 Å². The van der Waals surface area contributed by atoms with E-state index >= 15 is 0 Å². The van der Waals surface area contributed by atoms with Crippen molar-refractivity contribution in [1.29, 1.82) is 0 Å². The molecule has 1 atom stereocenters. The van der Waals surface area contributed by atoms with Crippen LogP contribution in [0.3, 0.4) is 0 Å². The Kier molecular flexibility index (Phi) is 7.89. The maximum atomic E-state index is 8.91. The normalized spacial score (nSPS) is 13.4. The minimum Gasteiger partial charge on any atom is -0.393 e. The summed E-state index contributed by atoms with van der Waals surface area (Å²) in [6.45, 7) is 4.85. The monoisotopic (exact) mass is 160 g/mol. The standard InChI is InChI=1S/C8H20N2O/c1-8(11)4-3-5-10-7-6-9-2/h8-11H,3-7H2,1-2H3. The summed E-state index contributed by atoms with van der Waals surface area (Å²) < 4.78 is 0. The quantitative estimate of drug-likeness (QED) is 0.458. The molecule has 0 aliphatic carbocycles. The summed E-state index contributed by atoms with van der Waals surface area (Å²) in [6, 6.07) is 0. The number of aliphatic hydroxyl groups excluding tert-OH is 1. The van der Waals surface area contributed by atoms with Crippen LogP contribution < -0.4 is 10.6 Å². The Morgan fingerprint density at radius 2 is 2.00 bits per heavy atom. The highest BCUT2D eigenvalue weighted by molar-refractivity contribution is 4.52. The molecule has 11 heavy (non-hydrogen) atoms. The van der Waals surface area contributed by atoms with Crippen molar-refractivity contribution in [1.82, 2.24) is 10.6 Å². The van der Waals surface area contributed by atoms with Crippen LogP contribution in [0.25, 0.3) is 0 Å². The molecule has 0 heterocycles. The second kappa shape index (κ2) is 7.98. The van der Waals surface area contributed by atoms with Crippen molar-refractivity contribution in [3.63, 3.8) is 0 Å². The molecule has 0 amide bonds. The lowest BCUT2D eigenvalue weighted by Crippen LogP contribution is -2.26. The lowest BCUT2D eigenvalue weighted by Gasteiger charge is -2.05. The van der Waals surface area contributed by atoms with Crippen LogP contribution in [0.5, 0.6) is 0 Å². The summed E-state index contributed by atoms with van der Waals surface area (Å²) in [7, 11) is 1.94. The largest absolute Gasteiger partial charge is 0.393 e. The van der Waals surface area contributed by atoms with Gasteiger partial charge in [0.1, 0.15) is 0 Å². The summed E-state index contributed by atoms with van der Waals surface area (Å²) in [5.74, 6) is 0. The Labute approximate surface area is 69.2 Å². The highest BCUT2D eigenvalue weighted by atomic mass is 16.3. The maximum absolute atomic E-state index is 8.91. The lowest BCUT2D eigenvalue weighted by molar-refractivity contribution is 0.181. The Balaban J connectivity index is 2.80. The van der Waals surface area contributed by atoms with Crippen LogP contribution in [0.15, 0.2) is 0 Å². The summed E-state index contributed by atoms with van der Waals surface area (Å²) in [5.41, 5.74) is 0. The van der Waals surface area contributed by atoms with E-state index < -0.39 is 0 Å². The Bertz CT molecular complexity index is 76.5. The van der Waals surface area contributed by atoms with Gasteiger partial charge < -0.3 is 15.7 Å². The SMILES string of the molecule is CNCCNCCCC(C)O. The van der Waals surface area contributed by atoms with Gasteiger partial charge in [0, 0.05) is 13.1 Å². The maximum Gasteiger partial charge on any atom is 0.0512 e. The molecule has 3 nitrogen and oxygen atoms in total. The molecule has 3 heteroatoms. The van der Waals surface area contributed by atoms with Crippen molar-refractivity contribution < 1.29 is 5.11 Å². The van der Waals surface area contributed by atoms with E-state index in [-0.39, 0.29) is 6.10 Å². The smallest absolute Gasteiger partial charge is 0.0512 e. The van der Waals surface area contributed by atoms with E-state index in [1.165, 1.54) is 0 Å². The van der Waals surface area contributed by atoms with E-state index in [4.69, 9.17) is 5.11 Å². The first-order valence-corrected chi connectivity index (χ1v) is 4.30. The van der Waals surface area contributed by atoms with Crippen LogP contribution in [0, 0.1) is 0 Å². The zero-order valence-electron chi connectivity index (χ0n) is 7.56. The van der Waals surface area contributed by atoms with Crippen molar-refractivity contribution in [2.45, 2.75) is 25.9 Å². The molecule has 0 aromatic heterocycles. The van der Waals surface area contributed by atoms with E-state index in [2.05, 4.69) is 10.6 Å². The molecule has 0 aliphatic rings. The zero-order chi connectivity index (χ0) is 8.53. The van der Waals surface area contributed by atoms with Crippen molar-refractivity contribution >= 4 is 0 Å². The van der Waals surface area contributed by atoms with E-state index in [9.17, 15) is 0 Å². The first-order valence-electron chi connectivity index (χ1n) is 4.30. The minimum absolute atomic E-state index is 0.152. The Hall–Kier alpha value is -0.120. The molecule has 0 radical (unpaired) electrons. The van der Waals surface area contributed by atoms with Crippen molar-refractivity contribution in [3.05, 3.63) is 0 Å². The highest BCUT2D eigenvalue weighted by Crippen LogP contribution is 1.92. The van der Waals surface area contributed by atoms with E-state index in [0.29, 0.717) is 0 Å².